The lowest BCUT2D eigenvalue weighted by molar-refractivity contribution is 0.110. The first-order valence-corrected chi connectivity index (χ1v) is 7.81. The molecule has 1 saturated carbocycles. The molecule has 0 bridgehead atoms. The maximum Gasteiger partial charge on any atom is 0.137 e. The molecule has 2 rings (SSSR count). The molecule has 5 heteroatoms. The largest absolute Gasteiger partial charge is 0.381 e. The summed E-state index contributed by atoms with van der Waals surface area (Å²) in [6.07, 6.45) is 3.33. The van der Waals surface area contributed by atoms with Crippen molar-refractivity contribution in [2.45, 2.75) is 46.0 Å². The zero-order valence-corrected chi connectivity index (χ0v) is 13.3. The molecule has 0 aliphatic heterocycles. The van der Waals surface area contributed by atoms with Crippen LogP contribution in [0.15, 0.2) is 0 Å². The quantitative estimate of drug-likeness (QED) is 0.586. The molecule has 0 saturated heterocycles. The third-order valence-electron chi connectivity index (χ3n) is 3.26. The molecule has 1 aromatic rings. The van der Waals surface area contributed by atoms with Gasteiger partial charge in [0.1, 0.15) is 16.8 Å². The second kappa shape index (κ2) is 7.23. The van der Waals surface area contributed by atoms with Gasteiger partial charge in [0, 0.05) is 31.2 Å². The lowest BCUT2D eigenvalue weighted by Gasteiger charge is -2.11. The first-order valence-electron chi connectivity index (χ1n) is 7.43. The zero-order valence-electron chi connectivity index (χ0n) is 12.6. The van der Waals surface area contributed by atoms with Gasteiger partial charge in [-0.15, -0.1) is 0 Å². The van der Waals surface area contributed by atoms with Gasteiger partial charge in [-0.25, -0.2) is 9.97 Å². The molecule has 1 aromatic heterocycles. The van der Waals surface area contributed by atoms with Crippen LogP contribution in [-0.4, -0.2) is 29.7 Å². The number of nitrogens with zero attached hydrogens (tertiary/aromatic N) is 2. The molecule has 4 nitrogen and oxygen atoms in total. The highest BCUT2D eigenvalue weighted by atomic mass is 35.5. The Hall–Kier alpha value is -0.870. The number of ether oxygens (including phenoxy) is 1. The van der Waals surface area contributed by atoms with E-state index in [1.165, 1.54) is 12.8 Å². The molecule has 1 N–H and O–H groups in total. The van der Waals surface area contributed by atoms with Crippen LogP contribution in [-0.2, 0) is 4.74 Å². The Kier molecular flexibility index (Phi) is 5.61. The number of halogens is 1. The Morgan fingerprint density at radius 3 is 2.75 bits per heavy atom. The van der Waals surface area contributed by atoms with E-state index in [1.54, 1.807) is 0 Å². The minimum atomic E-state index is 0.517. The molecule has 0 amide bonds. The Morgan fingerprint density at radius 1 is 1.35 bits per heavy atom. The standard InChI is InChI=1S/C15H24ClN3O/c1-10(2)9-20-8-4-7-17-14-11(3)13(16)18-15(19-14)12-5-6-12/h10,12H,4-9H2,1-3H3,(H,17,18,19). The number of nitrogens with one attached hydrogen (secondary N) is 1. The summed E-state index contributed by atoms with van der Waals surface area (Å²) < 4.78 is 5.56. The van der Waals surface area contributed by atoms with Gasteiger partial charge in [0.05, 0.1) is 0 Å². The Morgan fingerprint density at radius 2 is 2.10 bits per heavy atom. The van der Waals surface area contributed by atoms with Crippen molar-refractivity contribution in [3.8, 4) is 0 Å². The van der Waals surface area contributed by atoms with Gasteiger partial charge in [0.25, 0.3) is 0 Å². The van der Waals surface area contributed by atoms with Crippen molar-refractivity contribution in [2.75, 3.05) is 25.1 Å². The molecule has 112 valence electrons. The van der Waals surface area contributed by atoms with Gasteiger partial charge in [-0.2, -0.15) is 0 Å². The van der Waals surface area contributed by atoms with Gasteiger partial charge in [-0.3, -0.25) is 0 Å². The van der Waals surface area contributed by atoms with E-state index >= 15 is 0 Å². The fourth-order valence-electron chi connectivity index (χ4n) is 1.90. The van der Waals surface area contributed by atoms with Gasteiger partial charge in [-0.1, -0.05) is 25.4 Å². The average molecular weight is 298 g/mol. The van der Waals surface area contributed by atoms with E-state index < -0.39 is 0 Å². The highest BCUT2D eigenvalue weighted by Crippen LogP contribution is 2.39. The Balaban J connectivity index is 1.80. The van der Waals surface area contributed by atoms with Gasteiger partial charge < -0.3 is 10.1 Å². The summed E-state index contributed by atoms with van der Waals surface area (Å²) >= 11 is 6.17. The molecule has 1 fully saturated rings. The van der Waals surface area contributed by atoms with Crippen molar-refractivity contribution in [2.24, 2.45) is 5.92 Å². The lowest BCUT2D eigenvalue weighted by atomic mass is 10.2. The topological polar surface area (TPSA) is 47.0 Å². The molecule has 1 aliphatic rings. The highest BCUT2D eigenvalue weighted by molar-refractivity contribution is 6.30. The first-order chi connectivity index (χ1) is 9.58. The predicted molar refractivity (Wildman–Crippen MR) is 82.5 cm³/mol. The van der Waals surface area contributed by atoms with Gasteiger partial charge in [0.15, 0.2) is 0 Å². The molecule has 0 atom stereocenters. The zero-order chi connectivity index (χ0) is 14.5. The van der Waals surface area contributed by atoms with E-state index in [4.69, 9.17) is 16.3 Å². The van der Waals surface area contributed by atoms with Crippen molar-refractivity contribution in [1.82, 2.24) is 9.97 Å². The third kappa shape index (κ3) is 4.60. The highest BCUT2D eigenvalue weighted by Gasteiger charge is 2.27. The fourth-order valence-corrected chi connectivity index (χ4v) is 2.08. The van der Waals surface area contributed by atoms with Crippen molar-refractivity contribution in [1.29, 1.82) is 0 Å². The molecule has 0 radical (unpaired) electrons. The number of rotatable bonds is 8. The van der Waals surface area contributed by atoms with Gasteiger partial charge in [0.2, 0.25) is 0 Å². The maximum absolute atomic E-state index is 6.17. The SMILES string of the molecule is Cc1c(Cl)nc(C2CC2)nc1NCCCOCC(C)C. The summed E-state index contributed by atoms with van der Waals surface area (Å²) in [6.45, 7) is 8.71. The minimum absolute atomic E-state index is 0.517. The van der Waals surface area contributed by atoms with Crippen molar-refractivity contribution in [3.05, 3.63) is 16.5 Å². The predicted octanol–water partition coefficient (Wildman–Crippen LogP) is 3.79. The van der Waals surface area contributed by atoms with Gasteiger partial charge >= 0.3 is 0 Å². The van der Waals surface area contributed by atoms with Gasteiger partial charge in [-0.05, 0) is 32.1 Å². The number of aromatic nitrogens is 2. The second-order valence-electron chi connectivity index (χ2n) is 5.87. The number of hydrogen-bond donors (Lipinski definition) is 1. The summed E-state index contributed by atoms with van der Waals surface area (Å²) in [7, 11) is 0. The van der Waals surface area contributed by atoms with Crippen LogP contribution in [0.5, 0.6) is 0 Å². The first kappa shape index (κ1) is 15.5. The maximum atomic E-state index is 6.17. The Labute approximate surface area is 126 Å². The second-order valence-corrected chi connectivity index (χ2v) is 6.23. The van der Waals surface area contributed by atoms with E-state index in [0.717, 1.165) is 43.4 Å². The smallest absolute Gasteiger partial charge is 0.137 e. The average Bonchev–Trinajstić information content (AvgIpc) is 3.22. The summed E-state index contributed by atoms with van der Waals surface area (Å²) in [4.78, 5) is 8.96. The van der Waals surface area contributed by atoms with Crippen LogP contribution in [0.2, 0.25) is 5.15 Å². The number of anilines is 1. The molecule has 0 unspecified atom stereocenters. The van der Waals surface area contributed by atoms with E-state index in [1.807, 2.05) is 6.92 Å². The molecule has 0 aromatic carbocycles. The molecule has 1 aliphatic carbocycles. The van der Waals surface area contributed by atoms with E-state index in [2.05, 4.69) is 29.1 Å². The normalized spacial score (nSPS) is 14.8. The Bertz CT molecular complexity index is 447. The lowest BCUT2D eigenvalue weighted by Crippen LogP contribution is -2.11. The molecule has 0 spiro atoms. The summed E-state index contributed by atoms with van der Waals surface area (Å²) in [5.74, 6) is 2.87. The summed E-state index contributed by atoms with van der Waals surface area (Å²) in [5, 5.41) is 3.92. The molecular formula is C15H24ClN3O. The summed E-state index contributed by atoms with van der Waals surface area (Å²) in [5.41, 5.74) is 0.930. The van der Waals surface area contributed by atoms with Crippen LogP contribution in [0.1, 0.15) is 50.4 Å². The van der Waals surface area contributed by atoms with Crippen molar-refractivity contribution >= 4 is 17.4 Å². The molecule has 20 heavy (non-hydrogen) atoms. The molecular weight excluding hydrogens is 274 g/mol. The van der Waals surface area contributed by atoms with Crippen LogP contribution < -0.4 is 5.32 Å². The van der Waals surface area contributed by atoms with Crippen molar-refractivity contribution < 1.29 is 4.74 Å². The molecule has 1 heterocycles. The van der Waals surface area contributed by atoms with Crippen LogP contribution >= 0.6 is 11.6 Å². The van der Waals surface area contributed by atoms with Crippen LogP contribution in [0, 0.1) is 12.8 Å². The van der Waals surface area contributed by atoms with E-state index in [0.29, 0.717) is 17.0 Å². The van der Waals surface area contributed by atoms with Crippen molar-refractivity contribution in [3.63, 3.8) is 0 Å². The monoisotopic (exact) mass is 297 g/mol. The van der Waals surface area contributed by atoms with Crippen LogP contribution in [0.4, 0.5) is 5.82 Å². The third-order valence-corrected chi connectivity index (χ3v) is 3.62. The minimum Gasteiger partial charge on any atom is -0.381 e. The van der Waals surface area contributed by atoms with E-state index in [-0.39, 0.29) is 0 Å². The fraction of sp³-hybridized carbons (Fsp3) is 0.733. The van der Waals surface area contributed by atoms with Crippen LogP contribution in [0.25, 0.3) is 0 Å². The number of hydrogen-bond acceptors (Lipinski definition) is 4. The summed E-state index contributed by atoms with van der Waals surface area (Å²) in [6, 6.07) is 0. The van der Waals surface area contributed by atoms with E-state index in [9.17, 15) is 0 Å². The van der Waals surface area contributed by atoms with Crippen LogP contribution in [0.3, 0.4) is 0 Å².